The van der Waals surface area contributed by atoms with Crippen molar-refractivity contribution in [1.29, 1.82) is 0 Å². The van der Waals surface area contributed by atoms with Crippen molar-refractivity contribution >= 4 is 17.5 Å². The van der Waals surface area contributed by atoms with E-state index >= 15 is 0 Å². The van der Waals surface area contributed by atoms with Gasteiger partial charge in [0.05, 0.1) is 5.92 Å². The molecule has 18 heavy (non-hydrogen) atoms. The van der Waals surface area contributed by atoms with Gasteiger partial charge in [0.25, 0.3) is 0 Å². The Labute approximate surface area is 108 Å². The summed E-state index contributed by atoms with van der Waals surface area (Å²) < 4.78 is 0. The lowest BCUT2D eigenvalue weighted by Gasteiger charge is -2.28. The van der Waals surface area contributed by atoms with Gasteiger partial charge in [0, 0.05) is 11.3 Å². The fourth-order valence-corrected chi connectivity index (χ4v) is 2.33. The molecule has 0 spiro atoms. The number of hydrogen-bond acceptors (Lipinski definition) is 3. The van der Waals surface area contributed by atoms with E-state index in [-0.39, 0.29) is 11.6 Å². The first-order valence-corrected chi connectivity index (χ1v) is 6.61. The lowest BCUT2D eigenvalue weighted by Crippen LogP contribution is -2.37. The first-order valence-electron chi connectivity index (χ1n) is 6.61. The second-order valence-corrected chi connectivity index (χ2v) is 5.83. The highest BCUT2D eigenvalue weighted by molar-refractivity contribution is 6.39. The molecule has 1 N–H and O–H groups in total. The molecule has 0 aromatic carbocycles. The quantitative estimate of drug-likeness (QED) is 0.765. The maximum atomic E-state index is 12.1. The van der Waals surface area contributed by atoms with Gasteiger partial charge in [-0.25, -0.2) is 0 Å². The first-order chi connectivity index (χ1) is 8.29. The molecule has 0 aromatic heterocycles. The Bertz CT molecular complexity index is 357. The molecule has 1 aliphatic carbocycles. The number of carboxylic acids is 1. The van der Waals surface area contributed by atoms with Crippen molar-refractivity contribution in [2.45, 2.75) is 52.9 Å². The topological polar surface area (TPSA) is 71.4 Å². The molecular formula is C14H22O4. The van der Waals surface area contributed by atoms with E-state index in [1.54, 1.807) is 13.8 Å². The fourth-order valence-electron chi connectivity index (χ4n) is 2.33. The highest BCUT2D eigenvalue weighted by Crippen LogP contribution is 2.32. The monoisotopic (exact) mass is 254 g/mol. The van der Waals surface area contributed by atoms with E-state index in [0.717, 1.165) is 0 Å². The number of Topliss-reactive ketones (excluding diaryl/α,β-unsaturated/α-hetero) is 2. The lowest BCUT2D eigenvalue weighted by molar-refractivity contribution is -0.148. The molecule has 1 unspecified atom stereocenters. The number of carbonyl (C=O) groups excluding carboxylic acids is 2. The number of aliphatic carboxylic acids is 1. The van der Waals surface area contributed by atoms with Gasteiger partial charge in [-0.1, -0.05) is 27.2 Å². The number of rotatable bonds is 5. The van der Waals surface area contributed by atoms with Crippen molar-refractivity contribution in [2.24, 2.45) is 17.3 Å². The summed E-state index contributed by atoms with van der Waals surface area (Å²) in [4.78, 5) is 35.2. The molecule has 4 heteroatoms. The minimum atomic E-state index is -0.852. The third kappa shape index (κ3) is 3.18. The van der Waals surface area contributed by atoms with Crippen LogP contribution in [0.25, 0.3) is 0 Å². The zero-order valence-corrected chi connectivity index (χ0v) is 11.4. The summed E-state index contributed by atoms with van der Waals surface area (Å²) in [6.07, 6.45) is 2.91. The van der Waals surface area contributed by atoms with Crippen LogP contribution < -0.4 is 0 Å². The highest BCUT2D eigenvalue weighted by atomic mass is 16.4. The predicted molar refractivity (Wildman–Crippen MR) is 67.2 cm³/mol. The summed E-state index contributed by atoms with van der Waals surface area (Å²) in [7, 11) is 0. The summed E-state index contributed by atoms with van der Waals surface area (Å²) in [6, 6.07) is 0. The van der Waals surface area contributed by atoms with Gasteiger partial charge in [-0.15, -0.1) is 0 Å². The Morgan fingerprint density at radius 3 is 2.22 bits per heavy atom. The number of carboxylic acid groups (broad SMARTS) is 1. The molecule has 0 bridgehead atoms. The van der Waals surface area contributed by atoms with Gasteiger partial charge in [0.2, 0.25) is 11.6 Å². The third-order valence-electron chi connectivity index (χ3n) is 4.12. The highest BCUT2D eigenvalue weighted by Gasteiger charge is 2.38. The molecule has 0 saturated heterocycles. The van der Waals surface area contributed by atoms with Crippen molar-refractivity contribution in [3.05, 3.63) is 0 Å². The molecule has 1 rings (SSSR count). The average Bonchev–Trinajstić information content (AvgIpc) is 2.37. The van der Waals surface area contributed by atoms with Crippen molar-refractivity contribution in [3.63, 3.8) is 0 Å². The van der Waals surface area contributed by atoms with E-state index in [9.17, 15) is 14.4 Å². The molecule has 0 heterocycles. The molecule has 1 fully saturated rings. The van der Waals surface area contributed by atoms with Crippen molar-refractivity contribution in [1.82, 2.24) is 0 Å². The van der Waals surface area contributed by atoms with Gasteiger partial charge >= 0.3 is 5.97 Å². The van der Waals surface area contributed by atoms with Crippen molar-refractivity contribution in [3.8, 4) is 0 Å². The molecule has 0 aliphatic heterocycles. The maximum Gasteiger partial charge on any atom is 0.306 e. The molecule has 0 amide bonds. The van der Waals surface area contributed by atoms with Crippen molar-refractivity contribution < 1.29 is 19.5 Å². The van der Waals surface area contributed by atoms with Crippen LogP contribution in [-0.4, -0.2) is 22.6 Å². The number of carbonyl (C=O) groups is 3. The van der Waals surface area contributed by atoms with Crippen LogP contribution in [-0.2, 0) is 14.4 Å². The summed E-state index contributed by atoms with van der Waals surface area (Å²) in [5, 5.41) is 8.99. The Hall–Kier alpha value is -1.19. The van der Waals surface area contributed by atoms with Crippen LogP contribution in [0.2, 0.25) is 0 Å². The molecule has 1 saturated carbocycles. The summed E-state index contributed by atoms with van der Waals surface area (Å²) in [6.45, 7) is 5.42. The van der Waals surface area contributed by atoms with Crippen LogP contribution in [0, 0.1) is 17.3 Å². The SMILES string of the molecule is CCC(C)(C)C(=O)C(=O)C1CCC[C@@H](C(=O)O)C1. The van der Waals surface area contributed by atoms with Crippen LogP contribution in [0.5, 0.6) is 0 Å². The Morgan fingerprint density at radius 2 is 1.72 bits per heavy atom. The first kappa shape index (κ1) is 14.9. The molecule has 4 nitrogen and oxygen atoms in total. The zero-order valence-electron chi connectivity index (χ0n) is 11.4. The van der Waals surface area contributed by atoms with E-state index in [0.29, 0.717) is 32.1 Å². The van der Waals surface area contributed by atoms with Gasteiger partial charge in [-0.05, 0) is 25.7 Å². The predicted octanol–water partition coefficient (Wildman–Crippen LogP) is 2.45. The van der Waals surface area contributed by atoms with Crippen LogP contribution in [0.15, 0.2) is 0 Å². The van der Waals surface area contributed by atoms with Gasteiger partial charge in [-0.3, -0.25) is 14.4 Å². The second-order valence-electron chi connectivity index (χ2n) is 5.83. The lowest BCUT2D eigenvalue weighted by atomic mass is 9.74. The summed E-state index contributed by atoms with van der Waals surface area (Å²) >= 11 is 0. The molecule has 102 valence electrons. The Morgan fingerprint density at radius 1 is 1.17 bits per heavy atom. The number of ketones is 2. The smallest absolute Gasteiger partial charge is 0.306 e. The van der Waals surface area contributed by atoms with Crippen LogP contribution in [0.1, 0.15) is 52.9 Å². The molecule has 1 aliphatic rings. The Balaban J connectivity index is 2.73. The second kappa shape index (κ2) is 5.63. The van der Waals surface area contributed by atoms with Crippen LogP contribution in [0.3, 0.4) is 0 Å². The van der Waals surface area contributed by atoms with Gasteiger partial charge in [0.15, 0.2) is 0 Å². The molecule has 2 atom stereocenters. The van der Waals surface area contributed by atoms with Gasteiger partial charge in [0.1, 0.15) is 0 Å². The minimum absolute atomic E-state index is 0.319. The number of hydrogen-bond donors (Lipinski definition) is 1. The van der Waals surface area contributed by atoms with Gasteiger partial charge in [-0.2, -0.15) is 0 Å². The van der Waals surface area contributed by atoms with Gasteiger partial charge < -0.3 is 5.11 Å². The van der Waals surface area contributed by atoms with E-state index in [2.05, 4.69) is 0 Å². The van der Waals surface area contributed by atoms with Crippen LogP contribution in [0.4, 0.5) is 0 Å². The standard InChI is InChI=1S/C14H22O4/c1-4-14(2,3)12(16)11(15)9-6-5-7-10(8-9)13(17)18/h9-10H,4-8H2,1-3H3,(H,17,18)/t9?,10-/m1/s1. The minimum Gasteiger partial charge on any atom is -0.481 e. The van der Waals surface area contributed by atoms with Crippen molar-refractivity contribution in [2.75, 3.05) is 0 Å². The zero-order chi connectivity index (χ0) is 13.9. The molecule has 0 radical (unpaired) electrons. The van der Waals surface area contributed by atoms with E-state index < -0.39 is 23.2 Å². The Kier molecular flexibility index (Phi) is 4.65. The fraction of sp³-hybridized carbons (Fsp3) is 0.786. The van der Waals surface area contributed by atoms with E-state index in [4.69, 9.17) is 5.11 Å². The maximum absolute atomic E-state index is 12.1. The molecular weight excluding hydrogens is 232 g/mol. The molecule has 0 aromatic rings. The van der Waals surface area contributed by atoms with E-state index in [1.807, 2.05) is 6.92 Å². The van der Waals surface area contributed by atoms with E-state index in [1.165, 1.54) is 0 Å². The van der Waals surface area contributed by atoms with Crippen LogP contribution >= 0.6 is 0 Å². The normalized spacial score (nSPS) is 24.6. The average molecular weight is 254 g/mol. The summed E-state index contributed by atoms with van der Waals surface area (Å²) in [5.41, 5.74) is -0.632. The third-order valence-corrected chi connectivity index (χ3v) is 4.12. The largest absolute Gasteiger partial charge is 0.481 e. The summed E-state index contributed by atoms with van der Waals surface area (Å²) in [5.74, 6) is -2.42.